The zero-order valence-electron chi connectivity index (χ0n) is 12.5. The van der Waals surface area contributed by atoms with Gasteiger partial charge < -0.3 is 0 Å². The number of halogens is 1. The van der Waals surface area contributed by atoms with Crippen molar-refractivity contribution in [1.29, 1.82) is 0 Å². The van der Waals surface area contributed by atoms with Crippen LogP contribution in [0.3, 0.4) is 0 Å². The summed E-state index contributed by atoms with van der Waals surface area (Å²) in [5, 5.41) is 1.67. The van der Waals surface area contributed by atoms with Crippen LogP contribution in [-0.2, 0) is 6.54 Å². The molecule has 2 aliphatic rings. The average Bonchev–Trinajstić information content (AvgIpc) is 3.31. The van der Waals surface area contributed by atoms with Crippen molar-refractivity contribution in [2.45, 2.75) is 52.1 Å². The molecule has 2 aromatic heterocycles. The van der Waals surface area contributed by atoms with Gasteiger partial charge in [-0.25, -0.2) is 9.97 Å². The molecule has 4 rings (SSSR count). The average molecular weight is 322 g/mol. The van der Waals surface area contributed by atoms with Crippen molar-refractivity contribution in [3.63, 3.8) is 0 Å². The molecule has 2 aromatic rings. The lowest BCUT2D eigenvalue weighted by molar-refractivity contribution is 0.238. The minimum atomic E-state index is 0.624. The van der Waals surface area contributed by atoms with Crippen molar-refractivity contribution >= 4 is 33.2 Å². The smallest absolute Gasteiger partial charge is 0.145 e. The lowest BCUT2D eigenvalue weighted by Crippen LogP contribution is -2.28. The summed E-state index contributed by atoms with van der Waals surface area (Å²) in [6.45, 7) is 6.30. The first-order valence-electron chi connectivity index (χ1n) is 7.78. The Kier molecular flexibility index (Phi) is 3.43. The van der Waals surface area contributed by atoms with Crippen molar-refractivity contribution in [3.05, 3.63) is 21.4 Å². The van der Waals surface area contributed by atoms with E-state index in [0.717, 1.165) is 34.5 Å². The van der Waals surface area contributed by atoms with Crippen LogP contribution in [0, 0.1) is 19.8 Å². The molecule has 2 saturated carbocycles. The third kappa shape index (κ3) is 2.81. The number of fused-ring (bicyclic) bond motifs is 1. The Bertz CT molecular complexity index is 688. The monoisotopic (exact) mass is 321 g/mol. The SMILES string of the molecule is Cc1sc2nc(CN(CC3CC3)C3CC3)nc(Cl)c2c1C. The first kappa shape index (κ1) is 13.9. The van der Waals surface area contributed by atoms with Crippen LogP contribution in [0.5, 0.6) is 0 Å². The van der Waals surface area contributed by atoms with Gasteiger partial charge in [0.05, 0.1) is 11.9 Å². The lowest BCUT2D eigenvalue weighted by Gasteiger charge is -2.20. The van der Waals surface area contributed by atoms with Gasteiger partial charge in [0.2, 0.25) is 0 Å². The molecule has 0 aromatic carbocycles. The van der Waals surface area contributed by atoms with Crippen LogP contribution >= 0.6 is 22.9 Å². The van der Waals surface area contributed by atoms with Crippen molar-refractivity contribution in [2.24, 2.45) is 5.92 Å². The van der Waals surface area contributed by atoms with Gasteiger partial charge in [0, 0.05) is 17.5 Å². The third-order valence-corrected chi connectivity index (χ3v) is 6.00. The van der Waals surface area contributed by atoms with Crippen LogP contribution in [0.4, 0.5) is 0 Å². The van der Waals surface area contributed by atoms with E-state index >= 15 is 0 Å². The fourth-order valence-corrected chi connectivity index (χ4v) is 4.34. The zero-order valence-corrected chi connectivity index (χ0v) is 14.1. The normalized spacial score (nSPS) is 18.9. The molecule has 0 spiro atoms. The minimum absolute atomic E-state index is 0.624. The van der Waals surface area contributed by atoms with Gasteiger partial charge in [-0.05, 0) is 51.0 Å². The van der Waals surface area contributed by atoms with Crippen LogP contribution < -0.4 is 0 Å². The molecule has 0 N–H and O–H groups in total. The van der Waals surface area contributed by atoms with Crippen LogP contribution in [0.1, 0.15) is 41.9 Å². The van der Waals surface area contributed by atoms with E-state index in [1.807, 2.05) is 0 Å². The van der Waals surface area contributed by atoms with Crippen LogP contribution in [0.15, 0.2) is 0 Å². The van der Waals surface area contributed by atoms with E-state index in [-0.39, 0.29) is 0 Å². The first-order valence-corrected chi connectivity index (χ1v) is 8.97. The zero-order chi connectivity index (χ0) is 14.6. The van der Waals surface area contributed by atoms with Gasteiger partial charge in [-0.3, -0.25) is 4.90 Å². The second kappa shape index (κ2) is 5.18. The summed E-state index contributed by atoms with van der Waals surface area (Å²) >= 11 is 8.14. The molecule has 2 aliphatic carbocycles. The summed E-state index contributed by atoms with van der Waals surface area (Å²) in [4.78, 5) is 14.3. The maximum Gasteiger partial charge on any atom is 0.145 e. The van der Waals surface area contributed by atoms with Gasteiger partial charge in [-0.15, -0.1) is 11.3 Å². The quantitative estimate of drug-likeness (QED) is 0.767. The molecular formula is C16H20ClN3S. The highest BCUT2D eigenvalue weighted by Crippen LogP contribution is 2.36. The molecule has 0 atom stereocenters. The van der Waals surface area contributed by atoms with E-state index in [1.165, 1.54) is 42.7 Å². The molecule has 0 radical (unpaired) electrons. The number of hydrogen-bond acceptors (Lipinski definition) is 4. The van der Waals surface area contributed by atoms with Crippen molar-refractivity contribution in [3.8, 4) is 0 Å². The molecular weight excluding hydrogens is 302 g/mol. The highest BCUT2D eigenvalue weighted by atomic mass is 35.5. The highest BCUT2D eigenvalue weighted by Gasteiger charge is 2.34. The van der Waals surface area contributed by atoms with Gasteiger partial charge >= 0.3 is 0 Å². The maximum absolute atomic E-state index is 6.41. The van der Waals surface area contributed by atoms with Gasteiger partial charge in [0.15, 0.2) is 0 Å². The van der Waals surface area contributed by atoms with E-state index in [0.29, 0.717) is 5.15 Å². The van der Waals surface area contributed by atoms with Crippen molar-refractivity contribution in [2.75, 3.05) is 6.54 Å². The van der Waals surface area contributed by atoms with Gasteiger partial charge in [-0.2, -0.15) is 0 Å². The Morgan fingerprint density at radius 2 is 1.95 bits per heavy atom. The van der Waals surface area contributed by atoms with E-state index in [2.05, 4.69) is 23.7 Å². The molecule has 2 fully saturated rings. The molecule has 0 saturated heterocycles. The van der Waals surface area contributed by atoms with E-state index in [4.69, 9.17) is 16.6 Å². The van der Waals surface area contributed by atoms with Crippen molar-refractivity contribution in [1.82, 2.24) is 14.9 Å². The predicted molar refractivity (Wildman–Crippen MR) is 88.1 cm³/mol. The Morgan fingerprint density at radius 3 is 2.62 bits per heavy atom. The Balaban J connectivity index is 1.63. The number of aromatic nitrogens is 2. The van der Waals surface area contributed by atoms with Crippen LogP contribution in [-0.4, -0.2) is 27.5 Å². The summed E-state index contributed by atoms with van der Waals surface area (Å²) < 4.78 is 0. The summed E-state index contributed by atoms with van der Waals surface area (Å²) in [5.74, 6) is 1.80. The molecule has 0 bridgehead atoms. The molecule has 21 heavy (non-hydrogen) atoms. The Morgan fingerprint density at radius 1 is 1.19 bits per heavy atom. The lowest BCUT2D eigenvalue weighted by atomic mass is 10.2. The number of rotatable bonds is 5. The number of hydrogen-bond donors (Lipinski definition) is 0. The molecule has 3 nitrogen and oxygen atoms in total. The van der Waals surface area contributed by atoms with Crippen LogP contribution in [0.25, 0.3) is 10.2 Å². The molecule has 0 amide bonds. The van der Waals surface area contributed by atoms with E-state index in [9.17, 15) is 0 Å². The molecule has 2 heterocycles. The summed E-state index contributed by atoms with van der Waals surface area (Å²) in [5.41, 5.74) is 1.23. The van der Waals surface area contributed by atoms with Gasteiger partial charge in [-0.1, -0.05) is 11.6 Å². The Hall–Kier alpha value is -0.710. The predicted octanol–water partition coefficient (Wildman–Crippen LogP) is 4.34. The van der Waals surface area contributed by atoms with E-state index < -0.39 is 0 Å². The molecule has 5 heteroatoms. The molecule has 0 unspecified atom stereocenters. The van der Waals surface area contributed by atoms with Crippen LogP contribution in [0.2, 0.25) is 5.15 Å². The molecule has 0 aliphatic heterocycles. The maximum atomic E-state index is 6.41. The van der Waals surface area contributed by atoms with Crippen molar-refractivity contribution < 1.29 is 0 Å². The first-order chi connectivity index (χ1) is 10.1. The number of nitrogens with zero attached hydrogens (tertiary/aromatic N) is 3. The number of thiophene rings is 1. The largest absolute Gasteiger partial charge is 0.293 e. The second-order valence-electron chi connectivity index (χ2n) is 6.50. The Labute approximate surface area is 134 Å². The summed E-state index contributed by atoms with van der Waals surface area (Å²) in [6.07, 6.45) is 5.46. The number of aryl methyl sites for hydroxylation is 2. The fourth-order valence-electron chi connectivity index (χ4n) is 2.91. The summed E-state index contributed by atoms with van der Waals surface area (Å²) in [6, 6.07) is 0.760. The van der Waals surface area contributed by atoms with Gasteiger partial charge in [0.1, 0.15) is 15.8 Å². The van der Waals surface area contributed by atoms with Gasteiger partial charge in [0.25, 0.3) is 0 Å². The molecule has 112 valence electrons. The standard InChI is InChI=1S/C16H20ClN3S/c1-9-10(2)21-16-14(9)15(17)18-13(19-16)8-20(12-5-6-12)7-11-3-4-11/h11-12H,3-8H2,1-2H3. The second-order valence-corrected chi connectivity index (χ2v) is 8.06. The summed E-state index contributed by atoms with van der Waals surface area (Å²) in [7, 11) is 0. The fraction of sp³-hybridized carbons (Fsp3) is 0.625. The topological polar surface area (TPSA) is 29.0 Å². The minimum Gasteiger partial charge on any atom is -0.293 e. The highest BCUT2D eigenvalue weighted by molar-refractivity contribution is 7.18. The van der Waals surface area contributed by atoms with E-state index in [1.54, 1.807) is 11.3 Å². The third-order valence-electron chi connectivity index (χ3n) is 4.63.